The monoisotopic (exact) mass is 346 g/mol. The van der Waals surface area contributed by atoms with Gasteiger partial charge < -0.3 is 10.6 Å². The molecule has 2 aliphatic rings. The Morgan fingerprint density at radius 2 is 2.27 bits per heavy atom. The highest BCUT2D eigenvalue weighted by Crippen LogP contribution is 2.43. The molecule has 122 valence electrons. The van der Waals surface area contributed by atoms with Crippen molar-refractivity contribution in [3.05, 3.63) is 34.6 Å². The van der Waals surface area contributed by atoms with Crippen molar-refractivity contribution in [2.45, 2.75) is 32.2 Å². The van der Waals surface area contributed by atoms with Crippen LogP contribution in [0.5, 0.6) is 0 Å². The van der Waals surface area contributed by atoms with Crippen LogP contribution in [0, 0.1) is 17.2 Å². The molecule has 6 heteroatoms. The summed E-state index contributed by atoms with van der Waals surface area (Å²) in [7, 11) is 0. The molecule has 2 atom stereocenters. The van der Waals surface area contributed by atoms with Crippen LogP contribution in [-0.4, -0.2) is 19.0 Å². The zero-order chi connectivity index (χ0) is 14.9. The van der Waals surface area contributed by atoms with Crippen molar-refractivity contribution in [1.82, 2.24) is 10.6 Å². The van der Waals surface area contributed by atoms with Gasteiger partial charge in [-0.3, -0.25) is 4.79 Å². The molecule has 0 spiro atoms. The van der Waals surface area contributed by atoms with Crippen molar-refractivity contribution in [1.29, 1.82) is 0 Å². The predicted octanol–water partition coefficient (Wildman–Crippen LogP) is 3.30. The molecule has 3 rings (SSSR count). The topological polar surface area (TPSA) is 41.1 Å². The smallest absolute Gasteiger partial charge is 0.228 e. The van der Waals surface area contributed by atoms with E-state index in [1.54, 1.807) is 12.1 Å². The van der Waals surface area contributed by atoms with Gasteiger partial charge in [0.15, 0.2) is 0 Å². The molecule has 0 aromatic heterocycles. The normalized spacial score (nSPS) is 26.9. The Morgan fingerprint density at radius 1 is 1.45 bits per heavy atom. The summed E-state index contributed by atoms with van der Waals surface area (Å²) < 4.78 is 13.1. The van der Waals surface area contributed by atoms with Crippen LogP contribution in [0.3, 0.4) is 0 Å². The van der Waals surface area contributed by atoms with Crippen molar-refractivity contribution >= 4 is 29.9 Å². The Hall–Kier alpha value is -0.840. The van der Waals surface area contributed by atoms with Crippen molar-refractivity contribution in [3.63, 3.8) is 0 Å². The molecular formula is C16H21Cl2FN2O. The van der Waals surface area contributed by atoms with Crippen LogP contribution >= 0.6 is 24.0 Å². The van der Waals surface area contributed by atoms with Crippen LogP contribution in [0.2, 0.25) is 5.02 Å². The van der Waals surface area contributed by atoms with Gasteiger partial charge in [0.25, 0.3) is 0 Å². The van der Waals surface area contributed by atoms with Crippen LogP contribution < -0.4 is 10.6 Å². The quantitative estimate of drug-likeness (QED) is 0.881. The fourth-order valence-electron chi connectivity index (χ4n) is 3.70. The van der Waals surface area contributed by atoms with Gasteiger partial charge in [0.1, 0.15) is 5.82 Å². The Bertz CT molecular complexity index is 555. The Morgan fingerprint density at radius 3 is 3.05 bits per heavy atom. The number of halogens is 3. The van der Waals surface area contributed by atoms with E-state index in [-0.39, 0.29) is 28.8 Å². The van der Waals surface area contributed by atoms with Gasteiger partial charge in [-0.1, -0.05) is 30.5 Å². The number of rotatable bonds is 3. The van der Waals surface area contributed by atoms with E-state index in [1.165, 1.54) is 12.5 Å². The number of carbonyl (C=O) groups excluding carboxylic acids is 1. The lowest BCUT2D eigenvalue weighted by atomic mass is 9.67. The van der Waals surface area contributed by atoms with Gasteiger partial charge >= 0.3 is 0 Å². The third-order valence-corrected chi connectivity index (χ3v) is 5.22. The average Bonchev–Trinajstić information content (AvgIpc) is 2.93. The van der Waals surface area contributed by atoms with E-state index in [0.29, 0.717) is 12.5 Å². The van der Waals surface area contributed by atoms with Crippen LogP contribution in [-0.2, 0) is 11.3 Å². The van der Waals surface area contributed by atoms with Gasteiger partial charge in [-0.15, -0.1) is 12.4 Å². The second-order valence-electron chi connectivity index (χ2n) is 6.16. The minimum absolute atomic E-state index is 0. The second kappa shape index (κ2) is 7.16. The first kappa shape index (κ1) is 17.5. The van der Waals surface area contributed by atoms with Gasteiger partial charge in [-0.2, -0.15) is 0 Å². The number of benzene rings is 1. The van der Waals surface area contributed by atoms with E-state index in [4.69, 9.17) is 11.6 Å². The highest BCUT2D eigenvalue weighted by molar-refractivity contribution is 6.30. The van der Waals surface area contributed by atoms with Gasteiger partial charge in [0.2, 0.25) is 5.91 Å². The van der Waals surface area contributed by atoms with Gasteiger partial charge in [0, 0.05) is 13.1 Å². The zero-order valence-corrected chi connectivity index (χ0v) is 13.9. The van der Waals surface area contributed by atoms with Gasteiger partial charge in [0.05, 0.1) is 10.4 Å². The second-order valence-corrected chi connectivity index (χ2v) is 6.57. The molecule has 1 aromatic carbocycles. The summed E-state index contributed by atoms with van der Waals surface area (Å²) >= 11 is 5.77. The molecule has 1 amide bonds. The van der Waals surface area contributed by atoms with E-state index in [0.717, 1.165) is 37.9 Å². The van der Waals surface area contributed by atoms with E-state index in [9.17, 15) is 9.18 Å². The summed E-state index contributed by atoms with van der Waals surface area (Å²) in [6.45, 7) is 2.11. The van der Waals surface area contributed by atoms with Crippen LogP contribution in [0.4, 0.5) is 4.39 Å². The van der Waals surface area contributed by atoms with E-state index in [1.807, 2.05) is 0 Å². The molecule has 1 saturated carbocycles. The third-order valence-electron chi connectivity index (χ3n) is 4.93. The van der Waals surface area contributed by atoms with Crippen molar-refractivity contribution in [3.8, 4) is 0 Å². The maximum absolute atomic E-state index is 13.1. The lowest BCUT2D eigenvalue weighted by Crippen LogP contribution is -2.47. The highest BCUT2D eigenvalue weighted by atomic mass is 35.5. The molecule has 2 N–H and O–H groups in total. The summed E-state index contributed by atoms with van der Waals surface area (Å²) in [5.74, 6) is 0.137. The number of hydrogen-bond acceptors (Lipinski definition) is 2. The number of amides is 1. The number of fused-ring (bicyclic) bond motifs is 1. The standard InChI is InChI=1S/C16H20ClFN2O.ClH/c17-13-7-11(4-5-14(13)18)8-20-15(21)16-6-2-1-3-12(16)9-19-10-16;/h4-5,7,12,19H,1-3,6,8-10H2,(H,20,21);1H/t12-,16+;/m0./s1. The zero-order valence-electron chi connectivity index (χ0n) is 12.3. The lowest BCUT2D eigenvalue weighted by Gasteiger charge is -2.37. The van der Waals surface area contributed by atoms with Crippen LogP contribution in [0.15, 0.2) is 18.2 Å². The molecule has 0 bridgehead atoms. The molecule has 0 radical (unpaired) electrons. The molecule has 2 fully saturated rings. The number of nitrogens with one attached hydrogen (secondary N) is 2. The first-order valence-corrected chi connectivity index (χ1v) is 7.92. The average molecular weight is 347 g/mol. The first-order valence-electron chi connectivity index (χ1n) is 7.55. The first-order chi connectivity index (χ1) is 10.1. The molecule has 1 heterocycles. The van der Waals surface area contributed by atoms with Crippen molar-refractivity contribution < 1.29 is 9.18 Å². The van der Waals surface area contributed by atoms with Crippen LogP contribution in [0.25, 0.3) is 0 Å². The molecule has 0 unspecified atom stereocenters. The molecular weight excluding hydrogens is 326 g/mol. The van der Waals surface area contributed by atoms with Gasteiger partial charge in [-0.25, -0.2) is 4.39 Å². The van der Waals surface area contributed by atoms with Gasteiger partial charge in [-0.05, 0) is 43.0 Å². The van der Waals surface area contributed by atoms with E-state index >= 15 is 0 Å². The fraction of sp³-hybridized carbons (Fsp3) is 0.562. The molecule has 22 heavy (non-hydrogen) atoms. The van der Waals surface area contributed by atoms with Crippen LogP contribution in [0.1, 0.15) is 31.2 Å². The lowest BCUT2D eigenvalue weighted by molar-refractivity contribution is -0.134. The summed E-state index contributed by atoms with van der Waals surface area (Å²) in [5, 5.41) is 6.48. The Kier molecular flexibility index (Phi) is 5.70. The Labute approximate surface area is 141 Å². The Balaban J connectivity index is 0.00000176. The molecule has 1 saturated heterocycles. The minimum atomic E-state index is -0.433. The number of hydrogen-bond donors (Lipinski definition) is 2. The fourth-order valence-corrected chi connectivity index (χ4v) is 3.90. The minimum Gasteiger partial charge on any atom is -0.351 e. The summed E-state index contributed by atoms with van der Waals surface area (Å²) in [6, 6.07) is 4.56. The number of carbonyl (C=O) groups is 1. The predicted molar refractivity (Wildman–Crippen MR) is 87.8 cm³/mol. The molecule has 1 aliphatic carbocycles. The largest absolute Gasteiger partial charge is 0.351 e. The third kappa shape index (κ3) is 3.24. The van der Waals surface area contributed by atoms with E-state index < -0.39 is 5.82 Å². The van der Waals surface area contributed by atoms with Crippen molar-refractivity contribution in [2.24, 2.45) is 11.3 Å². The van der Waals surface area contributed by atoms with E-state index in [2.05, 4.69) is 10.6 Å². The molecule has 1 aliphatic heterocycles. The molecule has 1 aromatic rings. The molecule has 3 nitrogen and oxygen atoms in total. The SMILES string of the molecule is Cl.O=C(NCc1ccc(F)c(Cl)c1)[C@@]12CCCC[C@H]1CNC2. The maximum Gasteiger partial charge on any atom is 0.228 e. The summed E-state index contributed by atoms with van der Waals surface area (Å²) in [5.41, 5.74) is 0.576. The maximum atomic E-state index is 13.1. The van der Waals surface area contributed by atoms with Crippen molar-refractivity contribution in [2.75, 3.05) is 13.1 Å². The highest BCUT2D eigenvalue weighted by Gasteiger charge is 2.49. The summed E-state index contributed by atoms with van der Waals surface area (Å²) in [6.07, 6.45) is 4.42. The summed E-state index contributed by atoms with van der Waals surface area (Å²) in [4.78, 5) is 12.7.